The number of nitrogens with zero attached hydrogens (tertiary/aromatic N) is 4. The third-order valence-corrected chi connectivity index (χ3v) is 5.49. The molecule has 1 unspecified atom stereocenters. The minimum Gasteiger partial charge on any atom is -0.448 e. The zero-order chi connectivity index (χ0) is 20.8. The summed E-state index contributed by atoms with van der Waals surface area (Å²) in [6, 6.07) is 6.96. The van der Waals surface area contributed by atoms with Crippen molar-refractivity contribution in [3.05, 3.63) is 53.5 Å². The van der Waals surface area contributed by atoms with Gasteiger partial charge in [0.15, 0.2) is 12.1 Å². The zero-order valence-corrected chi connectivity index (χ0v) is 17.6. The fraction of sp³-hybridized carbons (Fsp3) is 0.545. The number of aryl methyl sites for hydroxylation is 1. The van der Waals surface area contributed by atoms with Gasteiger partial charge in [-0.05, 0) is 52.4 Å². The number of likely N-dealkylation sites (N-methyl/N-ethyl adjacent to an activating group) is 1. The third kappa shape index (κ3) is 5.87. The summed E-state index contributed by atoms with van der Waals surface area (Å²) in [5, 5.41) is 0. The topological polar surface area (TPSA) is 52.8 Å². The molecule has 1 amide bonds. The van der Waals surface area contributed by atoms with Crippen LogP contribution in [0.15, 0.2) is 35.1 Å². The molecule has 29 heavy (non-hydrogen) atoms. The van der Waals surface area contributed by atoms with Gasteiger partial charge in [-0.2, -0.15) is 0 Å². The van der Waals surface area contributed by atoms with Gasteiger partial charge in [0.1, 0.15) is 11.6 Å². The summed E-state index contributed by atoms with van der Waals surface area (Å²) in [5.41, 5.74) is 1.12. The van der Waals surface area contributed by atoms with E-state index in [2.05, 4.69) is 14.8 Å². The van der Waals surface area contributed by atoms with Crippen LogP contribution >= 0.6 is 0 Å². The summed E-state index contributed by atoms with van der Waals surface area (Å²) < 4.78 is 19.3. The van der Waals surface area contributed by atoms with Crippen molar-refractivity contribution in [3.8, 4) is 0 Å². The molecule has 6 nitrogen and oxygen atoms in total. The largest absolute Gasteiger partial charge is 0.448 e. The van der Waals surface area contributed by atoms with E-state index >= 15 is 0 Å². The number of benzene rings is 1. The Morgan fingerprint density at radius 3 is 2.79 bits per heavy atom. The van der Waals surface area contributed by atoms with Crippen LogP contribution in [0.25, 0.3) is 0 Å². The molecule has 158 valence electrons. The van der Waals surface area contributed by atoms with Crippen LogP contribution in [0.1, 0.15) is 34.7 Å². The second kappa shape index (κ2) is 9.98. The number of oxazole rings is 1. The van der Waals surface area contributed by atoms with Crippen LogP contribution in [-0.2, 0) is 6.54 Å². The maximum absolute atomic E-state index is 14.0. The van der Waals surface area contributed by atoms with Gasteiger partial charge < -0.3 is 14.2 Å². The highest BCUT2D eigenvalue weighted by molar-refractivity contribution is 5.93. The highest BCUT2D eigenvalue weighted by Gasteiger charge is 2.27. The molecule has 0 saturated carbocycles. The Bertz CT molecular complexity index is 808. The molecule has 7 heteroatoms. The SMILES string of the molecule is Cc1ocnc1C(=O)N(CCN(C)C)CC1CCCN(Cc2ccccc2F)C1. The van der Waals surface area contributed by atoms with Crippen molar-refractivity contribution in [1.29, 1.82) is 0 Å². The van der Waals surface area contributed by atoms with Gasteiger partial charge in [-0.1, -0.05) is 18.2 Å². The lowest BCUT2D eigenvalue weighted by atomic mass is 9.96. The average molecular weight is 403 g/mol. The Morgan fingerprint density at radius 1 is 1.31 bits per heavy atom. The number of aromatic nitrogens is 1. The van der Waals surface area contributed by atoms with Crippen molar-refractivity contribution < 1.29 is 13.6 Å². The predicted molar refractivity (Wildman–Crippen MR) is 110 cm³/mol. The van der Waals surface area contributed by atoms with Gasteiger partial charge >= 0.3 is 0 Å². The molecule has 1 aliphatic heterocycles. The van der Waals surface area contributed by atoms with Crippen LogP contribution in [0, 0.1) is 18.7 Å². The normalized spacial score (nSPS) is 17.6. The Kier molecular flexibility index (Phi) is 7.39. The van der Waals surface area contributed by atoms with Gasteiger partial charge in [0.2, 0.25) is 0 Å². The summed E-state index contributed by atoms with van der Waals surface area (Å²) >= 11 is 0. The first-order valence-electron chi connectivity index (χ1n) is 10.2. The smallest absolute Gasteiger partial charge is 0.276 e. The standard InChI is InChI=1S/C22H31FN4O2/c1-17-21(24-16-29-17)22(28)27(12-11-25(2)3)14-18-7-6-10-26(13-18)15-19-8-4-5-9-20(19)23/h4-5,8-9,16,18H,6-7,10-15H2,1-3H3. The number of carbonyl (C=O) groups is 1. The van der Waals surface area contributed by atoms with E-state index in [0.29, 0.717) is 37.0 Å². The second-order valence-electron chi connectivity index (χ2n) is 8.15. The number of rotatable bonds is 8. The summed E-state index contributed by atoms with van der Waals surface area (Å²) in [6.45, 7) is 6.29. The number of carbonyl (C=O) groups excluding carboxylic acids is 1. The molecule has 1 fully saturated rings. The van der Waals surface area contributed by atoms with E-state index in [9.17, 15) is 9.18 Å². The van der Waals surface area contributed by atoms with Gasteiger partial charge in [-0.15, -0.1) is 0 Å². The lowest BCUT2D eigenvalue weighted by molar-refractivity contribution is 0.0653. The van der Waals surface area contributed by atoms with E-state index in [-0.39, 0.29) is 11.7 Å². The highest BCUT2D eigenvalue weighted by Crippen LogP contribution is 2.21. The second-order valence-corrected chi connectivity index (χ2v) is 8.15. The van der Waals surface area contributed by atoms with Crippen LogP contribution in [0.5, 0.6) is 0 Å². The van der Waals surface area contributed by atoms with E-state index in [1.165, 1.54) is 12.5 Å². The molecule has 0 spiro atoms. The fourth-order valence-electron chi connectivity index (χ4n) is 3.88. The molecule has 1 atom stereocenters. The van der Waals surface area contributed by atoms with E-state index in [0.717, 1.165) is 38.0 Å². The molecular weight excluding hydrogens is 371 g/mol. The summed E-state index contributed by atoms with van der Waals surface area (Å²) in [7, 11) is 4.00. The predicted octanol–water partition coefficient (Wildman–Crippen LogP) is 3.04. The van der Waals surface area contributed by atoms with E-state index < -0.39 is 0 Å². The first kappa shape index (κ1) is 21.5. The third-order valence-electron chi connectivity index (χ3n) is 5.49. The molecule has 1 saturated heterocycles. The quantitative estimate of drug-likeness (QED) is 0.679. The Balaban J connectivity index is 1.65. The van der Waals surface area contributed by atoms with Gasteiger partial charge in [0.25, 0.3) is 5.91 Å². The Morgan fingerprint density at radius 2 is 2.10 bits per heavy atom. The molecule has 0 bridgehead atoms. The first-order valence-corrected chi connectivity index (χ1v) is 10.2. The monoisotopic (exact) mass is 402 g/mol. The van der Waals surface area contributed by atoms with Crippen molar-refractivity contribution in [2.45, 2.75) is 26.3 Å². The number of amides is 1. The maximum Gasteiger partial charge on any atom is 0.276 e. The number of piperidine rings is 1. The molecule has 1 aromatic carbocycles. The molecule has 1 aliphatic rings. The Hall–Kier alpha value is -2.25. The van der Waals surface area contributed by atoms with Gasteiger partial charge in [0.05, 0.1) is 0 Å². The van der Waals surface area contributed by atoms with Crippen molar-refractivity contribution in [2.75, 3.05) is 46.8 Å². The highest BCUT2D eigenvalue weighted by atomic mass is 19.1. The molecule has 0 N–H and O–H groups in total. The number of likely N-dealkylation sites (tertiary alicyclic amines) is 1. The first-order chi connectivity index (χ1) is 13.9. The lowest BCUT2D eigenvalue weighted by Crippen LogP contribution is -2.44. The summed E-state index contributed by atoms with van der Waals surface area (Å²) in [5.74, 6) is 0.673. The molecule has 0 aliphatic carbocycles. The van der Waals surface area contributed by atoms with E-state index in [1.807, 2.05) is 31.1 Å². The maximum atomic E-state index is 14.0. The van der Waals surface area contributed by atoms with Crippen molar-refractivity contribution >= 4 is 5.91 Å². The molecule has 3 rings (SSSR count). The molecule has 0 radical (unpaired) electrons. The minimum absolute atomic E-state index is 0.0793. The summed E-state index contributed by atoms with van der Waals surface area (Å²) in [6.07, 6.45) is 3.44. The van der Waals surface area contributed by atoms with E-state index in [4.69, 9.17) is 4.42 Å². The van der Waals surface area contributed by atoms with Crippen LogP contribution < -0.4 is 0 Å². The van der Waals surface area contributed by atoms with Crippen molar-refractivity contribution in [3.63, 3.8) is 0 Å². The van der Waals surface area contributed by atoms with Crippen LogP contribution in [0.3, 0.4) is 0 Å². The van der Waals surface area contributed by atoms with Gasteiger partial charge in [-0.25, -0.2) is 9.37 Å². The number of hydrogen-bond donors (Lipinski definition) is 0. The molecule has 2 aromatic rings. The number of halogens is 1. The number of hydrogen-bond acceptors (Lipinski definition) is 5. The Labute approximate surface area is 172 Å². The zero-order valence-electron chi connectivity index (χ0n) is 17.6. The summed E-state index contributed by atoms with van der Waals surface area (Å²) in [4.78, 5) is 23.4. The molecular formula is C22H31FN4O2. The van der Waals surface area contributed by atoms with Crippen LogP contribution in [0.2, 0.25) is 0 Å². The van der Waals surface area contributed by atoms with Gasteiger partial charge in [0, 0.05) is 38.3 Å². The molecule has 1 aromatic heterocycles. The van der Waals surface area contributed by atoms with E-state index in [1.54, 1.807) is 13.0 Å². The van der Waals surface area contributed by atoms with Crippen molar-refractivity contribution in [1.82, 2.24) is 19.7 Å². The van der Waals surface area contributed by atoms with Crippen LogP contribution in [0.4, 0.5) is 4.39 Å². The van der Waals surface area contributed by atoms with Crippen LogP contribution in [-0.4, -0.2) is 72.4 Å². The average Bonchev–Trinajstić information content (AvgIpc) is 3.12. The van der Waals surface area contributed by atoms with Gasteiger partial charge in [-0.3, -0.25) is 9.69 Å². The fourth-order valence-corrected chi connectivity index (χ4v) is 3.88. The minimum atomic E-state index is -0.154. The van der Waals surface area contributed by atoms with Crippen molar-refractivity contribution in [2.24, 2.45) is 5.92 Å². The lowest BCUT2D eigenvalue weighted by Gasteiger charge is -2.36. The molecule has 2 heterocycles.